The highest BCUT2D eigenvalue weighted by Crippen LogP contribution is 2.12. The summed E-state index contributed by atoms with van der Waals surface area (Å²) < 4.78 is 0. The van der Waals surface area contributed by atoms with Gasteiger partial charge in [0.25, 0.3) is 0 Å². The monoisotopic (exact) mass is 281 g/mol. The summed E-state index contributed by atoms with van der Waals surface area (Å²) in [5.41, 5.74) is 4.56. The summed E-state index contributed by atoms with van der Waals surface area (Å²) in [7, 11) is 0. The lowest BCUT2D eigenvalue weighted by molar-refractivity contribution is 1.60. The van der Waals surface area contributed by atoms with Crippen molar-refractivity contribution in [2.45, 2.75) is 0 Å². The van der Waals surface area contributed by atoms with Crippen LogP contribution < -0.4 is 0 Å². The standard InChI is InChI=1S/C22H17/c1-3-8-19(9-4-1)14-16-21-12-7-13-22(18-21)17-15-20-10-5-2-6-11-20/h1-17H. The lowest BCUT2D eigenvalue weighted by Crippen LogP contribution is -1.77. The van der Waals surface area contributed by atoms with Crippen molar-refractivity contribution in [3.05, 3.63) is 107 Å². The van der Waals surface area contributed by atoms with Crippen molar-refractivity contribution in [1.82, 2.24) is 0 Å². The van der Waals surface area contributed by atoms with Gasteiger partial charge in [0.2, 0.25) is 0 Å². The number of benzene rings is 3. The van der Waals surface area contributed by atoms with Crippen molar-refractivity contribution in [2.24, 2.45) is 0 Å². The van der Waals surface area contributed by atoms with Crippen LogP contribution in [-0.2, 0) is 0 Å². The zero-order valence-electron chi connectivity index (χ0n) is 12.3. The molecular weight excluding hydrogens is 264 g/mol. The first kappa shape index (κ1) is 14.1. The molecule has 3 aromatic carbocycles. The molecule has 0 atom stereocenters. The van der Waals surface area contributed by atoms with Gasteiger partial charge in [-0.25, -0.2) is 0 Å². The number of hydrogen-bond acceptors (Lipinski definition) is 0. The molecule has 22 heavy (non-hydrogen) atoms. The first-order valence-electron chi connectivity index (χ1n) is 7.39. The van der Waals surface area contributed by atoms with E-state index >= 15 is 0 Å². The van der Waals surface area contributed by atoms with E-state index in [4.69, 9.17) is 0 Å². The van der Waals surface area contributed by atoms with Crippen LogP contribution in [0.3, 0.4) is 0 Å². The van der Waals surface area contributed by atoms with Crippen LogP contribution in [0.4, 0.5) is 0 Å². The molecule has 0 amide bonds. The van der Waals surface area contributed by atoms with Gasteiger partial charge in [-0.05, 0) is 28.3 Å². The largest absolute Gasteiger partial charge is 0.0622 e. The van der Waals surface area contributed by atoms with E-state index in [2.05, 4.69) is 72.8 Å². The van der Waals surface area contributed by atoms with Gasteiger partial charge in [-0.3, -0.25) is 0 Å². The van der Waals surface area contributed by atoms with E-state index < -0.39 is 0 Å². The fourth-order valence-electron chi connectivity index (χ4n) is 2.20. The Hall–Kier alpha value is -2.86. The molecule has 0 aliphatic heterocycles. The summed E-state index contributed by atoms with van der Waals surface area (Å²) in [6, 6.07) is 30.2. The second kappa shape index (κ2) is 7.24. The predicted octanol–water partition coefficient (Wildman–Crippen LogP) is 5.83. The van der Waals surface area contributed by atoms with Gasteiger partial charge in [0.05, 0.1) is 0 Å². The van der Waals surface area contributed by atoms with Crippen LogP contribution in [0.15, 0.2) is 78.9 Å². The van der Waals surface area contributed by atoms with Crippen LogP contribution in [0.2, 0.25) is 0 Å². The van der Waals surface area contributed by atoms with Crippen molar-refractivity contribution in [3.63, 3.8) is 0 Å². The smallest absolute Gasteiger partial charge is 0.00268 e. The van der Waals surface area contributed by atoms with Crippen molar-refractivity contribution in [2.75, 3.05) is 0 Å². The van der Waals surface area contributed by atoms with Gasteiger partial charge in [0.15, 0.2) is 0 Å². The van der Waals surface area contributed by atoms with E-state index in [1.54, 1.807) is 0 Å². The molecule has 0 fully saturated rings. The molecule has 0 saturated heterocycles. The molecule has 0 aliphatic carbocycles. The average Bonchev–Trinajstić information content (AvgIpc) is 2.60. The summed E-state index contributed by atoms with van der Waals surface area (Å²) in [6.45, 7) is 0. The van der Waals surface area contributed by atoms with Crippen molar-refractivity contribution < 1.29 is 0 Å². The Morgan fingerprint density at radius 1 is 0.455 bits per heavy atom. The minimum absolute atomic E-state index is 1.08. The maximum Gasteiger partial charge on any atom is -0.00268 e. The van der Waals surface area contributed by atoms with Crippen LogP contribution >= 0.6 is 0 Å². The van der Waals surface area contributed by atoms with Gasteiger partial charge in [-0.2, -0.15) is 0 Å². The Kier molecular flexibility index (Phi) is 4.63. The maximum atomic E-state index is 3.41. The first-order valence-corrected chi connectivity index (χ1v) is 7.39. The summed E-state index contributed by atoms with van der Waals surface area (Å²) in [6.07, 6.45) is 8.40. The van der Waals surface area contributed by atoms with Crippen LogP contribution in [0.1, 0.15) is 22.3 Å². The SMILES string of the molecule is [c]1c(C=Cc2ccccc2)cccc1C=Cc1ccccc1. The average molecular weight is 281 g/mol. The van der Waals surface area contributed by atoms with Crippen LogP contribution in [0.5, 0.6) is 0 Å². The molecule has 0 aliphatic rings. The van der Waals surface area contributed by atoms with E-state index in [1.807, 2.05) is 36.4 Å². The van der Waals surface area contributed by atoms with Gasteiger partial charge in [-0.15, -0.1) is 0 Å². The van der Waals surface area contributed by atoms with Crippen molar-refractivity contribution in [3.8, 4) is 0 Å². The predicted molar refractivity (Wildman–Crippen MR) is 96.0 cm³/mol. The van der Waals surface area contributed by atoms with Crippen LogP contribution in [0, 0.1) is 6.07 Å². The minimum Gasteiger partial charge on any atom is -0.0622 e. The molecule has 0 heterocycles. The molecule has 0 unspecified atom stereocenters. The Labute approximate surface area is 132 Å². The molecule has 105 valence electrons. The van der Waals surface area contributed by atoms with Gasteiger partial charge < -0.3 is 0 Å². The third kappa shape index (κ3) is 4.07. The topological polar surface area (TPSA) is 0 Å². The van der Waals surface area contributed by atoms with E-state index in [0.29, 0.717) is 0 Å². The number of hydrogen-bond donors (Lipinski definition) is 0. The first-order chi connectivity index (χ1) is 10.9. The van der Waals surface area contributed by atoms with Gasteiger partial charge in [-0.1, -0.05) is 103 Å². The minimum atomic E-state index is 1.08. The fourth-order valence-corrected chi connectivity index (χ4v) is 2.20. The third-order valence-corrected chi connectivity index (χ3v) is 3.35. The highest BCUT2D eigenvalue weighted by atomic mass is 14.0. The Bertz CT molecular complexity index is 701. The van der Waals surface area contributed by atoms with Crippen molar-refractivity contribution >= 4 is 24.3 Å². The molecule has 0 heteroatoms. The highest BCUT2D eigenvalue weighted by Gasteiger charge is 1.92. The van der Waals surface area contributed by atoms with Gasteiger partial charge in [0.1, 0.15) is 0 Å². The summed E-state index contributed by atoms with van der Waals surface area (Å²) in [5, 5.41) is 0. The second-order valence-electron chi connectivity index (χ2n) is 5.05. The van der Waals surface area contributed by atoms with Crippen LogP contribution in [-0.4, -0.2) is 0 Å². The lowest BCUT2D eigenvalue weighted by Gasteiger charge is -1.97. The molecule has 0 nitrogen and oxygen atoms in total. The highest BCUT2D eigenvalue weighted by molar-refractivity contribution is 5.73. The Morgan fingerprint density at radius 2 is 0.909 bits per heavy atom. The molecular formula is C22H17. The summed E-state index contributed by atoms with van der Waals surface area (Å²) in [5.74, 6) is 0. The lowest BCUT2D eigenvalue weighted by atomic mass is 10.1. The molecule has 0 aromatic heterocycles. The molecule has 3 rings (SSSR count). The molecule has 0 bridgehead atoms. The second-order valence-corrected chi connectivity index (χ2v) is 5.05. The quantitative estimate of drug-likeness (QED) is 0.528. The Morgan fingerprint density at radius 3 is 1.36 bits per heavy atom. The summed E-state index contributed by atoms with van der Waals surface area (Å²) >= 11 is 0. The number of rotatable bonds is 4. The zero-order chi connectivity index (χ0) is 15.0. The van der Waals surface area contributed by atoms with Crippen molar-refractivity contribution in [1.29, 1.82) is 0 Å². The van der Waals surface area contributed by atoms with Crippen LogP contribution in [0.25, 0.3) is 24.3 Å². The normalized spacial score (nSPS) is 11.3. The van der Waals surface area contributed by atoms with Gasteiger partial charge in [0, 0.05) is 0 Å². The van der Waals surface area contributed by atoms with E-state index in [-0.39, 0.29) is 0 Å². The Balaban J connectivity index is 1.75. The molecule has 1 radical (unpaired) electrons. The molecule has 0 saturated carbocycles. The maximum absolute atomic E-state index is 3.41. The van der Waals surface area contributed by atoms with Gasteiger partial charge >= 0.3 is 0 Å². The zero-order valence-corrected chi connectivity index (χ0v) is 12.3. The van der Waals surface area contributed by atoms with E-state index in [1.165, 1.54) is 11.1 Å². The fraction of sp³-hybridized carbons (Fsp3) is 0. The third-order valence-electron chi connectivity index (χ3n) is 3.35. The molecule has 3 aromatic rings. The molecule has 0 spiro atoms. The summed E-state index contributed by atoms with van der Waals surface area (Å²) in [4.78, 5) is 0. The molecule has 0 N–H and O–H groups in total. The van der Waals surface area contributed by atoms with E-state index in [0.717, 1.165) is 11.1 Å². The van der Waals surface area contributed by atoms with E-state index in [9.17, 15) is 0 Å².